The molecular weight excluding hydrogens is 518 g/mol. The summed E-state index contributed by atoms with van der Waals surface area (Å²) in [6.07, 6.45) is 0. The highest BCUT2D eigenvalue weighted by molar-refractivity contribution is 7.99. The number of nitrogens with zero attached hydrogens (tertiary/aromatic N) is 2. The van der Waals surface area contributed by atoms with Gasteiger partial charge in [0.2, 0.25) is 26.0 Å². The van der Waals surface area contributed by atoms with Gasteiger partial charge in [-0.3, -0.25) is 4.79 Å². The first-order valence-electron chi connectivity index (χ1n) is 11.4. The molecule has 11 heteroatoms. The van der Waals surface area contributed by atoms with Crippen LogP contribution in [0.2, 0.25) is 0 Å². The number of nitrogens with one attached hydrogen (secondary N) is 1. The fraction of sp³-hybridized carbons (Fsp3) is 0.240. The first-order chi connectivity index (χ1) is 17.3. The Morgan fingerprint density at radius 2 is 1.31 bits per heavy atom. The summed E-state index contributed by atoms with van der Waals surface area (Å²) in [5.41, 5.74) is 0. The smallest absolute Gasteiger partial charge is 0.243 e. The molecular formula is C25H27N3O5S3. The van der Waals surface area contributed by atoms with Crippen molar-refractivity contribution >= 4 is 37.7 Å². The van der Waals surface area contributed by atoms with E-state index in [1.807, 2.05) is 30.3 Å². The second kappa shape index (κ2) is 11.6. The maximum absolute atomic E-state index is 13.4. The van der Waals surface area contributed by atoms with Gasteiger partial charge in [-0.15, -0.1) is 11.8 Å². The summed E-state index contributed by atoms with van der Waals surface area (Å²) in [6, 6.07) is 24.3. The summed E-state index contributed by atoms with van der Waals surface area (Å²) >= 11 is 1.56. The minimum absolute atomic E-state index is 0.0572. The Morgan fingerprint density at radius 3 is 1.89 bits per heavy atom. The van der Waals surface area contributed by atoms with E-state index in [1.54, 1.807) is 48.2 Å². The van der Waals surface area contributed by atoms with Crippen LogP contribution in [0.15, 0.2) is 106 Å². The van der Waals surface area contributed by atoms with Gasteiger partial charge in [-0.1, -0.05) is 54.6 Å². The Bertz CT molecular complexity index is 1370. The minimum Gasteiger partial charge on any atom is -0.354 e. The summed E-state index contributed by atoms with van der Waals surface area (Å²) in [5, 5.41) is 2.80. The van der Waals surface area contributed by atoms with Crippen molar-refractivity contribution in [2.75, 3.05) is 31.9 Å². The number of sulfonamides is 2. The van der Waals surface area contributed by atoms with Gasteiger partial charge in [0.25, 0.3) is 0 Å². The summed E-state index contributed by atoms with van der Waals surface area (Å²) < 4.78 is 55.6. The van der Waals surface area contributed by atoms with E-state index in [1.165, 1.54) is 28.6 Å². The highest BCUT2D eigenvalue weighted by atomic mass is 32.2. The molecule has 0 spiro atoms. The van der Waals surface area contributed by atoms with Gasteiger partial charge in [-0.25, -0.2) is 16.8 Å². The van der Waals surface area contributed by atoms with Crippen LogP contribution in [0.3, 0.4) is 0 Å². The van der Waals surface area contributed by atoms with Crippen molar-refractivity contribution in [1.82, 2.24) is 13.9 Å². The highest BCUT2D eigenvalue weighted by Crippen LogP contribution is 2.25. The monoisotopic (exact) mass is 545 g/mol. The van der Waals surface area contributed by atoms with Crippen molar-refractivity contribution < 1.29 is 21.6 Å². The van der Waals surface area contributed by atoms with Crippen molar-refractivity contribution in [2.24, 2.45) is 0 Å². The van der Waals surface area contributed by atoms with Gasteiger partial charge in [0.05, 0.1) is 9.79 Å². The first-order valence-corrected chi connectivity index (χ1v) is 15.2. The van der Waals surface area contributed by atoms with E-state index in [-0.39, 0.29) is 29.4 Å². The lowest BCUT2D eigenvalue weighted by Gasteiger charge is -2.38. The van der Waals surface area contributed by atoms with Gasteiger partial charge < -0.3 is 5.32 Å². The van der Waals surface area contributed by atoms with Crippen molar-refractivity contribution in [3.63, 3.8) is 0 Å². The number of hydrogen-bond donors (Lipinski definition) is 1. The van der Waals surface area contributed by atoms with E-state index in [2.05, 4.69) is 5.32 Å². The van der Waals surface area contributed by atoms with Crippen LogP contribution in [0.4, 0.5) is 0 Å². The summed E-state index contributed by atoms with van der Waals surface area (Å²) in [6.45, 7) is -0.169. The second-order valence-corrected chi connectivity index (χ2v) is 13.1. The molecule has 1 saturated heterocycles. The second-order valence-electron chi connectivity index (χ2n) is 8.07. The zero-order valence-corrected chi connectivity index (χ0v) is 21.9. The fourth-order valence-corrected chi connectivity index (χ4v) is 7.75. The number of hydrogen-bond acceptors (Lipinski definition) is 6. The van der Waals surface area contributed by atoms with Gasteiger partial charge in [0.1, 0.15) is 6.04 Å². The third-order valence-electron chi connectivity index (χ3n) is 5.74. The molecule has 1 atom stereocenters. The van der Waals surface area contributed by atoms with E-state index < -0.39 is 32.0 Å². The lowest BCUT2D eigenvalue weighted by Crippen LogP contribution is -2.61. The van der Waals surface area contributed by atoms with Gasteiger partial charge in [-0.2, -0.15) is 8.61 Å². The van der Waals surface area contributed by atoms with Crippen LogP contribution in [0.1, 0.15) is 0 Å². The standard InChI is InChI=1S/C25H27N3O5S3/c29-25(26-16-19-34-21-10-4-1-5-11-21)24-20-27(35(30,31)22-12-6-2-7-13-22)17-18-28(24)36(32,33)23-14-8-3-9-15-23/h1-15,24H,16-20H2,(H,26,29)/t24-/m1/s1. The maximum Gasteiger partial charge on any atom is 0.243 e. The predicted molar refractivity (Wildman–Crippen MR) is 139 cm³/mol. The van der Waals surface area contributed by atoms with Crippen LogP contribution < -0.4 is 5.32 Å². The molecule has 0 radical (unpaired) electrons. The van der Waals surface area contributed by atoms with Gasteiger partial charge in [-0.05, 0) is 36.4 Å². The molecule has 36 heavy (non-hydrogen) atoms. The molecule has 0 bridgehead atoms. The van der Waals surface area contributed by atoms with E-state index in [0.29, 0.717) is 12.3 Å². The molecule has 3 aromatic rings. The number of carbonyl (C=O) groups is 1. The van der Waals surface area contributed by atoms with Crippen molar-refractivity contribution in [2.45, 2.75) is 20.7 Å². The number of amides is 1. The predicted octanol–water partition coefficient (Wildman–Crippen LogP) is 2.66. The van der Waals surface area contributed by atoms with Crippen molar-refractivity contribution in [1.29, 1.82) is 0 Å². The molecule has 0 saturated carbocycles. The molecule has 3 aromatic carbocycles. The van der Waals surface area contributed by atoms with Gasteiger partial charge in [0, 0.05) is 36.8 Å². The van der Waals surface area contributed by atoms with E-state index in [4.69, 9.17) is 0 Å². The number of piperazine rings is 1. The van der Waals surface area contributed by atoms with Crippen LogP contribution in [0.5, 0.6) is 0 Å². The average molecular weight is 546 g/mol. The molecule has 1 amide bonds. The molecule has 190 valence electrons. The normalized spacial score (nSPS) is 17.5. The number of benzene rings is 3. The van der Waals surface area contributed by atoms with Crippen molar-refractivity contribution in [3.8, 4) is 0 Å². The molecule has 1 N–H and O–H groups in total. The molecule has 1 fully saturated rings. The zero-order chi connectivity index (χ0) is 25.6. The van der Waals surface area contributed by atoms with Gasteiger partial charge in [0.15, 0.2) is 0 Å². The average Bonchev–Trinajstić information content (AvgIpc) is 2.92. The molecule has 1 aliphatic heterocycles. The Kier molecular flexibility index (Phi) is 8.47. The topological polar surface area (TPSA) is 104 Å². The molecule has 0 aliphatic carbocycles. The van der Waals surface area contributed by atoms with Crippen LogP contribution in [-0.2, 0) is 24.8 Å². The highest BCUT2D eigenvalue weighted by Gasteiger charge is 2.43. The van der Waals surface area contributed by atoms with Gasteiger partial charge >= 0.3 is 0 Å². The Balaban J connectivity index is 1.54. The van der Waals surface area contributed by atoms with E-state index in [9.17, 15) is 21.6 Å². The summed E-state index contributed by atoms with van der Waals surface area (Å²) in [7, 11) is -7.91. The van der Waals surface area contributed by atoms with Crippen LogP contribution in [0, 0.1) is 0 Å². The Hall–Kier alpha value is -2.70. The largest absolute Gasteiger partial charge is 0.354 e. The molecule has 8 nitrogen and oxygen atoms in total. The molecule has 4 rings (SSSR count). The molecule has 1 heterocycles. The summed E-state index contributed by atoms with van der Waals surface area (Å²) in [5.74, 6) is 0.0519. The lowest BCUT2D eigenvalue weighted by atomic mass is 10.2. The molecule has 0 unspecified atom stereocenters. The number of rotatable bonds is 9. The molecule has 0 aromatic heterocycles. The third-order valence-corrected chi connectivity index (χ3v) is 10.6. The third kappa shape index (κ3) is 5.98. The zero-order valence-electron chi connectivity index (χ0n) is 19.4. The maximum atomic E-state index is 13.4. The summed E-state index contributed by atoms with van der Waals surface area (Å²) in [4.78, 5) is 14.5. The molecule has 1 aliphatic rings. The SMILES string of the molecule is O=C(NCCSc1ccccc1)[C@H]1CN(S(=O)(=O)c2ccccc2)CCN1S(=O)(=O)c1ccccc1. The Labute approximate surface area is 216 Å². The fourth-order valence-electron chi connectivity index (χ4n) is 3.91. The number of thioether (sulfide) groups is 1. The van der Waals surface area contributed by atoms with Crippen LogP contribution in [0.25, 0.3) is 0 Å². The quantitative estimate of drug-likeness (QED) is 0.328. The van der Waals surface area contributed by atoms with Crippen molar-refractivity contribution in [3.05, 3.63) is 91.0 Å². The van der Waals surface area contributed by atoms with E-state index in [0.717, 1.165) is 9.20 Å². The first kappa shape index (κ1) is 26.4. The van der Waals surface area contributed by atoms with Crippen LogP contribution >= 0.6 is 11.8 Å². The van der Waals surface area contributed by atoms with E-state index >= 15 is 0 Å². The lowest BCUT2D eigenvalue weighted by molar-refractivity contribution is -0.125. The minimum atomic E-state index is -4.02. The Morgan fingerprint density at radius 1 is 0.778 bits per heavy atom. The van der Waals surface area contributed by atoms with Crippen LogP contribution in [-0.4, -0.2) is 69.3 Å². The number of carbonyl (C=O) groups excluding carboxylic acids is 1.